The molecule has 2 fully saturated rings. The molecular formula is C28H37N3O4. The lowest BCUT2D eigenvalue weighted by Crippen LogP contribution is -2.57. The Kier molecular flexibility index (Phi) is 8.08. The first kappa shape index (κ1) is 25.2. The van der Waals surface area contributed by atoms with Crippen molar-refractivity contribution in [2.24, 2.45) is 5.92 Å². The minimum absolute atomic E-state index is 0.0522. The Hall–Kier alpha value is -2.90. The molecule has 2 aliphatic rings. The molecule has 1 N–H and O–H groups in total. The van der Waals surface area contributed by atoms with E-state index in [4.69, 9.17) is 9.47 Å². The van der Waals surface area contributed by atoms with Gasteiger partial charge in [-0.25, -0.2) is 4.79 Å². The maximum absolute atomic E-state index is 13.8. The van der Waals surface area contributed by atoms with Crippen molar-refractivity contribution in [1.29, 1.82) is 0 Å². The first-order valence-corrected chi connectivity index (χ1v) is 12.5. The number of hydrogen-bond acceptors (Lipinski definition) is 5. The number of likely N-dealkylation sites (tertiary alicyclic amines) is 1. The molecule has 0 aliphatic carbocycles. The molecule has 2 aliphatic heterocycles. The molecule has 0 saturated carbocycles. The van der Waals surface area contributed by atoms with Crippen LogP contribution in [-0.2, 0) is 28.9 Å². The largest absolute Gasteiger partial charge is 0.497 e. The summed E-state index contributed by atoms with van der Waals surface area (Å²) in [5, 5.41) is 3.13. The van der Waals surface area contributed by atoms with Gasteiger partial charge < -0.3 is 14.8 Å². The minimum Gasteiger partial charge on any atom is -0.497 e. The van der Waals surface area contributed by atoms with Gasteiger partial charge in [0.1, 0.15) is 11.3 Å². The Morgan fingerprint density at radius 3 is 2.37 bits per heavy atom. The van der Waals surface area contributed by atoms with Crippen molar-refractivity contribution >= 4 is 11.9 Å². The quantitative estimate of drug-likeness (QED) is 0.527. The fraction of sp³-hybridized carbons (Fsp3) is 0.500. The number of piperidine rings is 1. The van der Waals surface area contributed by atoms with Crippen molar-refractivity contribution in [3.63, 3.8) is 0 Å². The number of methoxy groups -OCH3 is 2. The number of ether oxygens (including phenoxy) is 2. The number of urea groups is 1. The summed E-state index contributed by atoms with van der Waals surface area (Å²) in [5.74, 6) is 0.655. The second-order valence-corrected chi connectivity index (χ2v) is 9.60. The normalized spacial score (nSPS) is 21.4. The molecule has 188 valence electrons. The molecule has 3 amide bonds. The van der Waals surface area contributed by atoms with Gasteiger partial charge in [0, 0.05) is 20.1 Å². The number of aryl methyl sites for hydroxylation is 1. The third kappa shape index (κ3) is 5.52. The fourth-order valence-corrected chi connectivity index (χ4v) is 5.40. The van der Waals surface area contributed by atoms with E-state index in [2.05, 4.69) is 41.4 Å². The van der Waals surface area contributed by atoms with Gasteiger partial charge in [0.25, 0.3) is 5.91 Å². The summed E-state index contributed by atoms with van der Waals surface area (Å²) in [5.41, 5.74) is 2.68. The predicted octanol–water partition coefficient (Wildman–Crippen LogP) is 3.65. The lowest BCUT2D eigenvalue weighted by molar-refractivity contribution is -0.134. The predicted molar refractivity (Wildman–Crippen MR) is 135 cm³/mol. The van der Waals surface area contributed by atoms with Crippen LogP contribution in [0.1, 0.15) is 36.5 Å². The molecule has 0 aromatic heterocycles. The summed E-state index contributed by atoms with van der Waals surface area (Å²) in [6.45, 7) is 5.43. The van der Waals surface area contributed by atoms with E-state index in [1.54, 1.807) is 14.2 Å². The summed E-state index contributed by atoms with van der Waals surface area (Å²) >= 11 is 0. The van der Waals surface area contributed by atoms with Crippen LogP contribution >= 0.6 is 0 Å². The van der Waals surface area contributed by atoms with E-state index in [-0.39, 0.29) is 24.4 Å². The zero-order valence-electron chi connectivity index (χ0n) is 21.1. The number of carbonyl (C=O) groups excluding carboxylic acids is 2. The summed E-state index contributed by atoms with van der Waals surface area (Å²) < 4.78 is 10.5. The van der Waals surface area contributed by atoms with Crippen molar-refractivity contribution < 1.29 is 19.1 Å². The average Bonchev–Trinajstić information content (AvgIpc) is 3.12. The average molecular weight is 480 g/mol. The van der Waals surface area contributed by atoms with E-state index in [9.17, 15) is 9.59 Å². The van der Waals surface area contributed by atoms with Crippen LogP contribution in [-0.4, -0.2) is 67.7 Å². The van der Waals surface area contributed by atoms with Gasteiger partial charge >= 0.3 is 6.03 Å². The van der Waals surface area contributed by atoms with Crippen LogP contribution in [0.25, 0.3) is 0 Å². The van der Waals surface area contributed by atoms with E-state index in [0.29, 0.717) is 13.0 Å². The van der Waals surface area contributed by atoms with Crippen LogP contribution in [0.15, 0.2) is 48.5 Å². The number of nitrogens with one attached hydrogen (secondary N) is 1. The van der Waals surface area contributed by atoms with Gasteiger partial charge in [-0.1, -0.05) is 43.3 Å². The SMILES string of the molecule is CCc1ccc(CN2CCC([C@]3(Cc4cccc(OC)c4)NC(=O)N(CCOC)C3=O)CC2)cc1. The van der Waals surface area contributed by atoms with Gasteiger partial charge in [-0.3, -0.25) is 14.6 Å². The van der Waals surface area contributed by atoms with Gasteiger partial charge in [-0.05, 0) is 67.1 Å². The Morgan fingerprint density at radius 1 is 1.00 bits per heavy atom. The Bertz CT molecular complexity index is 1020. The summed E-state index contributed by atoms with van der Waals surface area (Å²) in [7, 11) is 3.21. The molecule has 1 atom stereocenters. The molecule has 0 radical (unpaired) electrons. The van der Waals surface area contributed by atoms with Crippen molar-refractivity contribution in [3.8, 4) is 5.75 Å². The molecule has 2 saturated heterocycles. The lowest BCUT2D eigenvalue weighted by Gasteiger charge is -2.41. The number of benzene rings is 2. The summed E-state index contributed by atoms with van der Waals surface area (Å²) in [6, 6.07) is 16.3. The zero-order chi connectivity index (χ0) is 24.8. The van der Waals surface area contributed by atoms with Crippen LogP contribution < -0.4 is 10.1 Å². The van der Waals surface area contributed by atoms with Crippen molar-refractivity contribution in [2.45, 2.75) is 44.7 Å². The molecule has 0 unspecified atom stereocenters. The maximum atomic E-state index is 13.8. The zero-order valence-corrected chi connectivity index (χ0v) is 21.1. The van der Waals surface area contributed by atoms with Crippen LogP contribution in [0.4, 0.5) is 4.79 Å². The second kappa shape index (κ2) is 11.2. The smallest absolute Gasteiger partial charge is 0.325 e. The molecule has 0 spiro atoms. The Balaban J connectivity index is 1.51. The molecular weight excluding hydrogens is 442 g/mol. The molecule has 4 rings (SSSR count). The van der Waals surface area contributed by atoms with Crippen molar-refractivity contribution in [2.75, 3.05) is 40.5 Å². The molecule has 2 aromatic carbocycles. The first-order valence-electron chi connectivity index (χ1n) is 12.5. The van der Waals surface area contributed by atoms with Gasteiger partial charge in [0.05, 0.1) is 20.3 Å². The fourth-order valence-electron chi connectivity index (χ4n) is 5.40. The standard InChI is InChI=1S/C28H37N3O4/c1-4-21-8-10-22(11-9-21)20-30-14-12-24(13-15-30)28(19-23-6-5-7-25(18-23)35-3)26(32)31(16-17-34-2)27(33)29-28/h5-11,18,24H,4,12-17,19-20H2,1-3H3,(H,29,33)/t28-/m0/s1. The third-order valence-electron chi connectivity index (χ3n) is 7.46. The number of rotatable bonds is 10. The number of nitrogens with zero attached hydrogens (tertiary/aromatic N) is 2. The van der Waals surface area contributed by atoms with E-state index in [1.165, 1.54) is 16.0 Å². The van der Waals surface area contributed by atoms with Gasteiger partial charge in [0.15, 0.2) is 0 Å². The van der Waals surface area contributed by atoms with Gasteiger partial charge in [-0.2, -0.15) is 0 Å². The molecule has 7 nitrogen and oxygen atoms in total. The van der Waals surface area contributed by atoms with Crippen molar-refractivity contribution in [3.05, 3.63) is 65.2 Å². The number of imide groups is 1. The van der Waals surface area contributed by atoms with Gasteiger partial charge in [0.2, 0.25) is 0 Å². The molecule has 0 bridgehead atoms. The van der Waals surface area contributed by atoms with E-state index in [0.717, 1.165) is 50.2 Å². The molecule has 2 aromatic rings. The lowest BCUT2D eigenvalue weighted by atomic mass is 9.74. The summed E-state index contributed by atoms with van der Waals surface area (Å²) in [6.07, 6.45) is 3.19. The third-order valence-corrected chi connectivity index (χ3v) is 7.46. The number of hydrogen-bond donors (Lipinski definition) is 1. The van der Waals surface area contributed by atoms with Crippen LogP contribution in [0.2, 0.25) is 0 Å². The van der Waals surface area contributed by atoms with Crippen LogP contribution in [0.5, 0.6) is 5.75 Å². The van der Waals surface area contributed by atoms with E-state index >= 15 is 0 Å². The second-order valence-electron chi connectivity index (χ2n) is 9.60. The topological polar surface area (TPSA) is 71.1 Å². The van der Waals surface area contributed by atoms with E-state index in [1.807, 2.05) is 24.3 Å². The van der Waals surface area contributed by atoms with Crippen LogP contribution in [0.3, 0.4) is 0 Å². The first-order chi connectivity index (χ1) is 17.0. The Morgan fingerprint density at radius 2 is 1.71 bits per heavy atom. The Labute approximate surface area is 208 Å². The highest BCUT2D eigenvalue weighted by molar-refractivity contribution is 6.07. The van der Waals surface area contributed by atoms with Crippen molar-refractivity contribution in [1.82, 2.24) is 15.1 Å². The highest BCUT2D eigenvalue weighted by atomic mass is 16.5. The van der Waals surface area contributed by atoms with Gasteiger partial charge in [-0.15, -0.1) is 0 Å². The molecule has 7 heteroatoms. The summed E-state index contributed by atoms with van der Waals surface area (Å²) in [4.78, 5) is 30.5. The van der Waals surface area contributed by atoms with E-state index < -0.39 is 5.54 Å². The van der Waals surface area contributed by atoms with Crippen LogP contribution in [0, 0.1) is 5.92 Å². The highest BCUT2D eigenvalue weighted by Gasteiger charge is 2.55. The highest BCUT2D eigenvalue weighted by Crippen LogP contribution is 2.37. The molecule has 2 heterocycles. The molecule has 35 heavy (non-hydrogen) atoms. The monoisotopic (exact) mass is 479 g/mol. The minimum atomic E-state index is -0.952. The number of amides is 3. The number of carbonyl (C=O) groups is 2. The maximum Gasteiger partial charge on any atom is 0.325 e.